The first-order valence-electron chi connectivity index (χ1n) is 6.37. The van der Waals surface area contributed by atoms with E-state index in [4.69, 9.17) is 5.11 Å². The fourth-order valence-corrected chi connectivity index (χ4v) is 3.06. The average molecular weight is 243 g/mol. The van der Waals surface area contributed by atoms with Crippen molar-refractivity contribution >= 4 is 16.9 Å². The largest absolute Gasteiger partial charge is 0.478 e. The first-order chi connectivity index (χ1) is 8.49. The number of aryl methyl sites for hydroxylation is 1. The number of aromatic amines is 1. The highest BCUT2D eigenvalue weighted by atomic mass is 16.4. The molecule has 0 saturated heterocycles. The SMILES string of the molecule is CC1(C)CCCc2c1[nH]c1cc(C(=O)O)ccc21. The Hall–Kier alpha value is -1.77. The summed E-state index contributed by atoms with van der Waals surface area (Å²) < 4.78 is 0. The molecule has 0 atom stereocenters. The maximum atomic E-state index is 11.0. The Kier molecular flexibility index (Phi) is 2.27. The first-order valence-corrected chi connectivity index (χ1v) is 6.37. The number of aromatic carboxylic acids is 1. The third-order valence-corrected chi connectivity index (χ3v) is 4.06. The summed E-state index contributed by atoms with van der Waals surface area (Å²) in [7, 11) is 0. The average Bonchev–Trinajstić information content (AvgIpc) is 2.68. The van der Waals surface area contributed by atoms with Crippen molar-refractivity contribution in [2.75, 3.05) is 0 Å². The molecule has 0 saturated carbocycles. The van der Waals surface area contributed by atoms with Crippen molar-refractivity contribution in [1.29, 1.82) is 0 Å². The highest BCUT2D eigenvalue weighted by molar-refractivity contribution is 5.95. The third-order valence-electron chi connectivity index (χ3n) is 4.06. The number of carboxylic acid groups (broad SMARTS) is 1. The van der Waals surface area contributed by atoms with Crippen molar-refractivity contribution in [2.45, 2.75) is 38.5 Å². The first kappa shape index (κ1) is 11.3. The zero-order chi connectivity index (χ0) is 12.9. The van der Waals surface area contributed by atoms with Crippen molar-refractivity contribution in [3.63, 3.8) is 0 Å². The Bertz CT molecular complexity index is 637. The number of hydrogen-bond acceptors (Lipinski definition) is 1. The van der Waals surface area contributed by atoms with E-state index in [0.29, 0.717) is 5.56 Å². The van der Waals surface area contributed by atoms with E-state index in [1.54, 1.807) is 12.1 Å². The Morgan fingerprint density at radius 3 is 2.89 bits per heavy atom. The van der Waals surface area contributed by atoms with Gasteiger partial charge in [-0.25, -0.2) is 4.79 Å². The van der Waals surface area contributed by atoms with Crippen LogP contribution in [0, 0.1) is 0 Å². The van der Waals surface area contributed by atoms with Crippen LogP contribution in [0.5, 0.6) is 0 Å². The molecule has 2 N–H and O–H groups in total. The minimum Gasteiger partial charge on any atom is -0.478 e. The summed E-state index contributed by atoms with van der Waals surface area (Å²) in [5, 5.41) is 10.2. The predicted octanol–water partition coefficient (Wildman–Crippen LogP) is 3.48. The maximum absolute atomic E-state index is 11.0. The number of hydrogen-bond donors (Lipinski definition) is 2. The molecule has 1 aromatic carbocycles. The molecule has 0 bridgehead atoms. The van der Waals surface area contributed by atoms with Crippen molar-refractivity contribution in [1.82, 2.24) is 4.98 Å². The van der Waals surface area contributed by atoms with E-state index >= 15 is 0 Å². The van der Waals surface area contributed by atoms with Gasteiger partial charge in [0, 0.05) is 22.0 Å². The van der Waals surface area contributed by atoms with Gasteiger partial charge in [0.1, 0.15) is 0 Å². The molecule has 1 aliphatic carbocycles. The van der Waals surface area contributed by atoms with Crippen LogP contribution in [0.3, 0.4) is 0 Å². The molecule has 3 heteroatoms. The van der Waals surface area contributed by atoms with Gasteiger partial charge in [-0.2, -0.15) is 0 Å². The van der Waals surface area contributed by atoms with E-state index in [1.165, 1.54) is 29.5 Å². The fraction of sp³-hybridized carbons (Fsp3) is 0.400. The van der Waals surface area contributed by atoms with Gasteiger partial charge in [0.05, 0.1) is 5.56 Å². The molecule has 3 rings (SSSR count). The lowest BCUT2D eigenvalue weighted by Gasteiger charge is -2.29. The van der Waals surface area contributed by atoms with Crippen LogP contribution in [0.15, 0.2) is 18.2 Å². The van der Waals surface area contributed by atoms with Gasteiger partial charge in [-0.05, 0) is 37.0 Å². The van der Waals surface area contributed by atoms with Crippen LogP contribution >= 0.6 is 0 Å². The summed E-state index contributed by atoms with van der Waals surface area (Å²) in [6.45, 7) is 4.50. The second-order valence-corrected chi connectivity index (χ2v) is 5.78. The molecule has 0 aliphatic heterocycles. The molecule has 1 aromatic heterocycles. The molecular formula is C15H17NO2. The van der Waals surface area contributed by atoms with Gasteiger partial charge in [0.15, 0.2) is 0 Å². The van der Waals surface area contributed by atoms with Crippen molar-refractivity contribution in [2.24, 2.45) is 0 Å². The number of carboxylic acids is 1. The van der Waals surface area contributed by atoms with Crippen LogP contribution in [0.1, 0.15) is 48.3 Å². The van der Waals surface area contributed by atoms with E-state index in [1.807, 2.05) is 6.07 Å². The summed E-state index contributed by atoms with van der Waals surface area (Å²) in [4.78, 5) is 14.4. The van der Waals surface area contributed by atoms with Crippen LogP contribution < -0.4 is 0 Å². The fourth-order valence-electron chi connectivity index (χ4n) is 3.06. The van der Waals surface area contributed by atoms with Crippen LogP contribution in [-0.4, -0.2) is 16.1 Å². The lowest BCUT2D eigenvalue weighted by atomic mass is 9.76. The lowest BCUT2D eigenvalue weighted by Crippen LogP contribution is -2.23. The van der Waals surface area contributed by atoms with E-state index in [9.17, 15) is 4.79 Å². The Labute approximate surface area is 106 Å². The monoisotopic (exact) mass is 243 g/mol. The van der Waals surface area contributed by atoms with Crippen molar-refractivity contribution < 1.29 is 9.90 Å². The normalized spacial score (nSPS) is 17.7. The van der Waals surface area contributed by atoms with Crippen molar-refractivity contribution in [3.8, 4) is 0 Å². The smallest absolute Gasteiger partial charge is 0.335 e. The Morgan fingerprint density at radius 2 is 2.17 bits per heavy atom. The van der Waals surface area contributed by atoms with E-state index in [2.05, 4.69) is 18.8 Å². The zero-order valence-electron chi connectivity index (χ0n) is 10.7. The van der Waals surface area contributed by atoms with Gasteiger partial charge in [0.2, 0.25) is 0 Å². The van der Waals surface area contributed by atoms with Gasteiger partial charge in [-0.3, -0.25) is 0 Å². The molecular weight excluding hydrogens is 226 g/mol. The van der Waals surface area contributed by atoms with Gasteiger partial charge in [0.25, 0.3) is 0 Å². The topological polar surface area (TPSA) is 53.1 Å². The van der Waals surface area contributed by atoms with Crippen molar-refractivity contribution in [3.05, 3.63) is 35.0 Å². The summed E-state index contributed by atoms with van der Waals surface area (Å²) in [5.41, 5.74) is 4.12. The summed E-state index contributed by atoms with van der Waals surface area (Å²) in [5.74, 6) is -0.872. The van der Waals surface area contributed by atoms with E-state index in [-0.39, 0.29) is 5.41 Å². The number of benzene rings is 1. The number of fused-ring (bicyclic) bond motifs is 3. The third kappa shape index (κ3) is 1.54. The number of carbonyl (C=O) groups is 1. The minimum absolute atomic E-state index is 0.163. The van der Waals surface area contributed by atoms with Crippen LogP contribution in [0.25, 0.3) is 10.9 Å². The Balaban J connectivity index is 2.26. The van der Waals surface area contributed by atoms with Gasteiger partial charge in [-0.1, -0.05) is 19.9 Å². The molecule has 18 heavy (non-hydrogen) atoms. The molecule has 0 unspecified atom stereocenters. The maximum Gasteiger partial charge on any atom is 0.335 e. The number of H-pyrrole nitrogens is 1. The quantitative estimate of drug-likeness (QED) is 0.805. The second-order valence-electron chi connectivity index (χ2n) is 5.78. The molecule has 0 spiro atoms. The van der Waals surface area contributed by atoms with Crippen LogP contribution in [-0.2, 0) is 11.8 Å². The van der Waals surface area contributed by atoms with Gasteiger partial charge < -0.3 is 10.1 Å². The molecule has 94 valence electrons. The molecule has 0 amide bonds. The van der Waals surface area contributed by atoms with E-state index in [0.717, 1.165) is 11.9 Å². The summed E-state index contributed by atoms with van der Waals surface area (Å²) in [6.07, 6.45) is 3.47. The molecule has 1 aliphatic rings. The highest BCUT2D eigenvalue weighted by Crippen LogP contribution is 2.39. The summed E-state index contributed by atoms with van der Waals surface area (Å²) in [6, 6.07) is 5.38. The second kappa shape index (κ2) is 3.61. The number of nitrogens with one attached hydrogen (secondary N) is 1. The summed E-state index contributed by atoms with van der Waals surface area (Å²) >= 11 is 0. The van der Waals surface area contributed by atoms with E-state index < -0.39 is 5.97 Å². The Morgan fingerprint density at radius 1 is 1.39 bits per heavy atom. The molecule has 3 nitrogen and oxygen atoms in total. The minimum atomic E-state index is -0.872. The molecule has 2 aromatic rings. The van der Waals surface area contributed by atoms with Gasteiger partial charge in [-0.15, -0.1) is 0 Å². The molecule has 0 fully saturated rings. The highest BCUT2D eigenvalue weighted by Gasteiger charge is 2.30. The zero-order valence-corrected chi connectivity index (χ0v) is 10.7. The van der Waals surface area contributed by atoms with Gasteiger partial charge >= 0.3 is 5.97 Å². The number of aromatic nitrogens is 1. The van der Waals surface area contributed by atoms with Crippen LogP contribution in [0.2, 0.25) is 0 Å². The predicted molar refractivity (Wildman–Crippen MR) is 71.2 cm³/mol. The lowest BCUT2D eigenvalue weighted by molar-refractivity contribution is 0.0697. The molecule has 0 radical (unpaired) electrons. The van der Waals surface area contributed by atoms with Crippen LogP contribution in [0.4, 0.5) is 0 Å². The number of rotatable bonds is 1. The standard InChI is InChI=1S/C15H17NO2/c1-15(2)7-3-4-11-10-6-5-9(14(17)18)8-12(10)16-13(11)15/h5-6,8,16H,3-4,7H2,1-2H3,(H,17,18). The molecule has 1 heterocycles.